The number of benzene rings is 1. The molecule has 0 aliphatic heterocycles. The molecule has 5 heteroatoms. The summed E-state index contributed by atoms with van der Waals surface area (Å²) in [6.07, 6.45) is 0.476. The van der Waals surface area contributed by atoms with Gasteiger partial charge in [0.1, 0.15) is 0 Å². The van der Waals surface area contributed by atoms with Gasteiger partial charge in [-0.15, -0.1) is 0 Å². The fourth-order valence-electron chi connectivity index (χ4n) is 1.30. The number of anilines is 2. The number of carbonyl (C=O) groups is 1. The van der Waals surface area contributed by atoms with Crippen LogP contribution in [0.4, 0.5) is 11.4 Å². The highest BCUT2D eigenvalue weighted by Gasteiger charge is 2.18. The van der Waals surface area contributed by atoms with E-state index in [2.05, 4.69) is 6.07 Å². The van der Waals surface area contributed by atoms with E-state index in [1.54, 1.807) is 19.9 Å². The minimum absolute atomic E-state index is 0.184. The molecule has 0 aromatic heterocycles. The second-order valence-electron chi connectivity index (χ2n) is 4.73. The molecule has 1 aromatic carbocycles. The van der Waals surface area contributed by atoms with Crippen LogP contribution in [0.15, 0.2) is 18.2 Å². The Morgan fingerprint density at radius 3 is 2.67 bits per heavy atom. The largest absolute Gasteiger partial charge is 0.462 e. The van der Waals surface area contributed by atoms with Crippen molar-refractivity contribution in [2.45, 2.75) is 20.3 Å². The van der Waals surface area contributed by atoms with E-state index in [-0.39, 0.29) is 6.61 Å². The molecule has 0 saturated carbocycles. The Balaban J connectivity index is 2.59. The molecule has 18 heavy (non-hydrogen) atoms. The van der Waals surface area contributed by atoms with Gasteiger partial charge in [-0.3, -0.25) is 0 Å². The Bertz CT molecular complexity index is 489. The van der Waals surface area contributed by atoms with Gasteiger partial charge in [0, 0.05) is 11.4 Å². The summed E-state index contributed by atoms with van der Waals surface area (Å²) < 4.78 is 5.08. The van der Waals surface area contributed by atoms with Crippen molar-refractivity contribution in [3.8, 4) is 6.07 Å². The third-order valence-corrected chi connectivity index (χ3v) is 2.56. The summed E-state index contributed by atoms with van der Waals surface area (Å²) in [4.78, 5) is 11.7. The average Bonchev–Trinajstić information content (AvgIpc) is 2.28. The lowest BCUT2D eigenvalue weighted by Crippen LogP contribution is -2.15. The second-order valence-corrected chi connectivity index (χ2v) is 4.73. The highest BCUT2D eigenvalue weighted by Crippen LogP contribution is 2.20. The van der Waals surface area contributed by atoms with Gasteiger partial charge in [-0.1, -0.05) is 0 Å². The lowest BCUT2D eigenvalue weighted by Gasteiger charge is -2.14. The molecule has 0 heterocycles. The van der Waals surface area contributed by atoms with Gasteiger partial charge in [0.2, 0.25) is 0 Å². The number of hydrogen-bond acceptors (Lipinski definition) is 5. The van der Waals surface area contributed by atoms with E-state index in [1.807, 2.05) is 0 Å². The van der Waals surface area contributed by atoms with Crippen molar-refractivity contribution >= 4 is 17.3 Å². The van der Waals surface area contributed by atoms with E-state index in [9.17, 15) is 4.79 Å². The topological polar surface area (TPSA) is 102 Å². The minimum atomic E-state index is -0.507. The maximum absolute atomic E-state index is 11.7. The van der Waals surface area contributed by atoms with Crippen LogP contribution < -0.4 is 11.5 Å². The van der Waals surface area contributed by atoms with Crippen LogP contribution in [0.25, 0.3) is 0 Å². The normalized spacial score (nSPS) is 10.7. The van der Waals surface area contributed by atoms with Gasteiger partial charge in [-0.05, 0) is 38.5 Å². The standard InChI is InChI=1S/C13H17N3O2/c1-13(2,8-14)5-6-18-12(17)10-4-3-9(15)7-11(10)16/h3-4,7H,5-6,15-16H2,1-2H3. The molecular weight excluding hydrogens is 230 g/mol. The number of rotatable bonds is 4. The van der Waals surface area contributed by atoms with Gasteiger partial charge < -0.3 is 16.2 Å². The zero-order valence-electron chi connectivity index (χ0n) is 10.6. The number of esters is 1. The van der Waals surface area contributed by atoms with Gasteiger partial charge in [0.05, 0.1) is 23.7 Å². The molecule has 5 nitrogen and oxygen atoms in total. The van der Waals surface area contributed by atoms with Crippen LogP contribution in [0.3, 0.4) is 0 Å². The molecule has 0 fully saturated rings. The summed E-state index contributed by atoms with van der Waals surface area (Å²) in [6, 6.07) is 6.77. The van der Waals surface area contributed by atoms with Crippen molar-refractivity contribution < 1.29 is 9.53 Å². The van der Waals surface area contributed by atoms with Gasteiger partial charge in [-0.25, -0.2) is 4.79 Å². The summed E-state index contributed by atoms with van der Waals surface area (Å²) in [5, 5.41) is 8.83. The van der Waals surface area contributed by atoms with Crippen LogP contribution in [-0.2, 0) is 4.74 Å². The molecule has 0 aliphatic carbocycles. The third kappa shape index (κ3) is 3.67. The average molecular weight is 247 g/mol. The second kappa shape index (κ2) is 5.41. The van der Waals surface area contributed by atoms with Crippen LogP contribution in [-0.4, -0.2) is 12.6 Å². The first-order valence-electron chi connectivity index (χ1n) is 5.59. The van der Waals surface area contributed by atoms with Gasteiger partial charge in [0.15, 0.2) is 0 Å². The molecule has 0 radical (unpaired) electrons. The number of nitriles is 1. The van der Waals surface area contributed by atoms with Crippen LogP contribution in [0.2, 0.25) is 0 Å². The van der Waals surface area contributed by atoms with Crippen molar-refractivity contribution in [1.82, 2.24) is 0 Å². The first-order valence-corrected chi connectivity index (χ1v) is 5.59. The third-order valence-electron chi connectivity index (χ3n) is 2.56. The molecule has 4 N–H and O–H groups in total. The van der Waals surface area contributed by atoms with Crippen molar-refractivity contribution in [1.29, 1.82) is 5.26 Å². The maximum Gasteiger partial charge on any atom is 0.340 e. The molecule has 0 aliphatic rings. The summed E-state index contributed by atoms with van der Waals surface area (Å²) in [7, 11) is 0. The molecule has 96 valence electrons. The number of ether oxygens (including phenoxy) is 1. The molecule has 1 rings (SSSR count). The molecule has 1 aromatic rings. The maximum atomic E-state index is 11.7. The molecule has 0 amide bonds. The van der Waals surface area contributed by atoms with E-state index in [1.165, 1.54) is 12.1 Å². The van der Waals surface area contributed by atoms with Crippen LogP contribution in [0, 0.1) is 16.7 Å². The van der Waals surface area contributed by atoms with Crippen molar-refractivity contribution in [2.24, 2.45) is 5.41 Å². The van der Waals surface area contributed by atoms with Gasteiger partial charge in [0.25, 0.3) is 0 Å². The molecule has 0 saturated heterocycles. The first kappa shape index (κ1) is 13.8. The molecule has 0 unspecified atom stereocenters. The van der Waals surface area contributed by atoms with E-state index in [0.717, 1.165) is 0 Å². The zero-order chi connectivity index (χ0) is 13.8. The Morgan fingerprint density at radius 1 is 1.44 bits per heavy atom. The fourth-order valence-corrected chi connectivity index (χ4v) is 1.30. The molecule has 0 spiro atoms. The van der Waals surface area contributed by atoms with Gasteiger partial charge >= 0.3 is 5.97 Å². The number of nitrogen functional groups attached to an aromatic ring is 2. The van der Waals surface area contributed by atoms with E-state index < -0.39 is 11.4 Å². The highest BCUT2D eigenvalue weighted by atomic mass is 16.5. The highest BCUT2D eigenvalue weighted by molar-refractivity contribution is 5.95. The summed E-state index contributed by atoms with van der Waals surface area (Å²) >= 11 is 0. The Kier molecular flexibility index (Phi) is 4.16. The predicted octanol–water partition coefficient (Wildman–Crippen LogP) is 1.95. The van der Waals surface area contributed by atoms with Crippen LogP contribution in [0.5, 0.6) is 0 Å². The summed E-state index contributed by atoms with van der Waals surface area (Å²) in [5.74, 6) is -0.499. The SMILES string of the molecule is CC(C)(C#N)CCOC(=O)c1ccc(N)cc1N. The van der Waals surface area contributed by atoms with Crippen molar-refractivity contribution in [2.75, 3.05) is 18.1 Å². The van der Waals surface area contributed by atoms with E-state index in [0.29, 0.717) is 23.4 Å². The quantitative estimate of drug-likeness (QED) is 0.625. The Labute approximate surface area is 106 Å². The Morgan fingerprint density at radius 2 is 2.11 bits per heavy atom. The van der Waals surface area contributed by atoms with Crippen LogP contribution in [0.1, 0.15) is 30.6 Å². The zero-order valence-corrected chi connectivity index (χ0v) is 10.6. The smallest absolute Gasteiger partial charge is 0.340 e. The number of hydrogen-bond donors (Lipinski definition) is 2. The predicted molar refractivity (Wildman–Crippen MR) is 69.6 cm³/mol. The van der Waals surface area contributed by atoms with Crippen LogP contribution >= 0.6 is 0 Å². The van der Waals surface area contributed by atoms with E-state index >= 15 is 0 Å². The molecule has 0 atom stereocenters. The lowest BCUT2D eigenvalue weighted by atomic mass is 9.92. The van der Waals surface area contributed by atoms with Gasteiger partial charge in [-0.2, -0.15) is 5.26 Å². The minimum Gasteiger partial charge on any atom is -0.462 e. The van der Waals surface area contributed by atoms with E-state index in [4.69, 9.17) is 21.5 Å². The summed E-state index contributed by atoms with van der Waals surface area (Å²) in [6.45, 7) is 3.76. The van der Waals surface area contributed by atoms with Crippen molar-refractivity contribution in [3.05, 3.63) is 23.8 Å². The monoisotopic (exact) mass is 247 g/mol. The number of carbonyl (C=O) groups excluding carboxylic acids is 1. The van der Waals surface area contributed by atoms with Crippen molar-refractivity contribution in [3.63, 3.8) is 0 Å². The fraction of sp³-hybridized carbons (Fsp3) is 0.385. The first-order chi connectivity index (χ1) is 8.35. The number of nitrogens with zero attached hydrogens (tertiary/aromatic N) is 1. The number of nitrogens with two attached hydrogens (primary N) is 2. The molecule has 0 bridgehead atoms. The lowest BCUT2D eigenvalue weighted by molar-refractivity contribution is 0.0476. The summed E-state index contributed by atoms with van der Waals surface area (Å²) in [5.41, 5.74) is 11.8. The Hall–Kier alpha value is -2.22. The molecular formula is C13H17N3O2.